The van der Waals surface area contributed by atoms with Crippen molar-refractivity contribution in [2.24, 2.45) is 0 Å². The molecule has 0 aromatic heterocycles. The molecule has 4 atom stereocenters. The maximum Gasteiger partial charge on any atom is 0.339 e. The maximum absolute atomic E-state index is 15.4. The van der Waals surface area contributed by atoms with Gasteiger partial charge in [0, 0.05) is 26.2 Å². The summed E-state index contributed by atoms with van der Waals surface area (Å²) in [7, 11) is 0. The van der Waals surface area contributed by atoms with Crippen molar-refractivity contribution in [1.29, 1.82) is 0 Å². The largest absolute Gasteiger partial charge is 0.432 e. The lowest BCUT2D eigenvalue weighted by Gasteiger charge is -2.33. The predicted octanol–water partition coefficient (Wildman–Crippen LogP) is 14.4. The van der Waals surface area contributed by atoms with Crippen LogP contribution in [0.5, 0.6) is 0 Å². The molecule has 0 bridgehead atoms. The number of esters is 1. The monoisotopic (exact) mass is 785 g/mol. The Kier molecular flexibility index (Phi) is 26.9. The lowest BCUT2D eigenvalue weighted by molar-refractivity contribution is -0.178. The summed E-state index contributed by atoms with van der Waals surface area (Å²) in [5.74, 6) is -0.239. The van der Waals surface area contributed by atoms with Crippen molar-refractivity contribution < 1.29 is 28.5 Å². The SMILES string of the molecule is CC=C(C(=C(C(=O)OC1CCCCCCCCCCO1)C1CCCCCCCCCCO1)C1CCCCCCCCCCO1)C1CCCCCCCCCCO1. The molecule has 4 aliphatic heterocycles. The van der Waals surface area contributed by atoms with Crippen molar-refractivity contribution in [3.63, 3.8) is 0 Å². The highest BCUT2D eigenvalue weighted by molar-refractivity contribution is 5.92. The van der Waals surface area contributed by atoms with Crippen molar-refractivity contribution >= 4 is 5.97 Å². The number of carbonyl (C=O) groups excluding carboxylic acids is 1. The lowest BCUT2D eigenvalue weighted by atomic mass is 9.83. The number of carbonyl (C=O) groups is 1. The van der Waals surface area contributed by atoms with E-state index in [2.05, 4.69) is 13.0 Å². The summed E-state index contributed by atoms with van der Waals surface area (Å²) in [6, 6.07) is 0. The highest BCUT2D eigenvalue weighted by atomic mass is 16.7. The molecule has 6 nitrogen and oxygen atoms in total. The molecule has 4 heterocycles. The van der Waals surface area contributed by atoms with Crippen molar-refractivity contribution in [3.05, 3.63) is 22.8 Å². The van der Waals surface area contributed by atoms with Crippen LogP contribution in [0.25, 0.3) is 0 Å². The molecule has 0 aromatic rings. The van der Waals surface area contributed by atoms with Crippen LogP contribution in [0.2, 0.25) is 0 Å². The number of allylic oxidation sites excluding steroid dienone is 1. The predicted molar refractivity (Wildman–Crippen MR) is 232 cm³/mol. The number of rotatable bonds is 6. The maximum atomic E-state index is 15.4. The molecule has 4 saturated heterocycles. The van der Waals surface area contributed by atoms with Gasteiger partial charge >= 0.3 is 5.97 Å². The van der Waals surface area contributed by atoms with Crippen LogP contribution < -0.4 is 0 Å². The molecule has 0 aliphatic carbocycles. The minimum Gasteiger partial charge on any atom is -0.432 e. The van der Waals surface area contributed by atoms with Gasteiger partial charge in [0.1, 0.15) is 0 Å². The van der Waals surface area contributed by atoms with Gasteiger partial charge in [0.2, 0.25) is 6.29 Å². The molecule has 4 aliphatic rings. The summed E-state index contributed by atoms with van der Waals surface area (Å²) in [6.45, 7) is 4.97. The Hall–Kier alpha value is -1.21. The number of ether oxygens (including phenoxy) is 5. The number of hydrogen-bond acceptors (Lipinski definition) is 6. The number of hydrogen-bond donors (Lipinski definition) is 0. The van der Waals surface area contributed by atoms with Crippen molar-refractivity contribution in [3.8, 4) is 0 Å². The zero-order valence-corrected chi connectivity index (χ0v) is 36.6. The second-order valence-electron chi connectivity index (χ2n) is 17.8. The Bertz CT molecular complexity index is 1000. The van der Waals surface area contributed by atoms with E-state index in [-0.39, 0.29) is 24.3 Å². The van der Waals surface area contributed by atoms with Crippen molar-refractivity contribution in [2.45, 2.75) is 263 Å². The third-order valence-electron chi connectivity index (χ3n) is 13.0. The highest BCUT2D eigenvalue weighted by Crippen LogP contribution is 2.36. The quantitative estimate of drug-likeness (QED) is 0.152. The second kappa shape index (κ2) is 31.7. The fourth-order valence-electron chi connectivity index (χ4n) is 9.60. The summed E-state index contributed by atoms with van der Waals surface area (Å²) >= 11 is 0. The summed E-state index contributed by atoms with van der Waals surface area (Å²) in [6.07, 6.45) is 43.4. The Balaban J connectivity index is 1.80. The normalized spacial score (nSPS) is 29.3. The van der Waals surface area contributed by atoms with Gasteiger partial charge < -0.3 is 23.7 Å². The van der Waals surface area contributed by atoms with Crippen LogP contribution in [0.3, 0.4) is 0 Å². The molecule has 0 N–H and O–H groups in total. The average molecular weight is 785 g/mol. The van der Waals surface area contributed by atoms with E-state index >= 15 is 4.79 Å². The van der Waals surface area contributed by atoms with Crippen LogP contribution in [0.15, 0.2) is 22.8 Å². The minimum absolute atomic E-state index is 0.0777. The minimum atomic E-state index is -0.534. The smallest absolute Gasteiger partial charge is 0.339 e. The molecule has 56 heavy (non-hydrogen) atoms. The van der Waals surface area contributed by atoms with E-state index in [4.69, 9.17) is 23.7 Å². The third kappa shape index (κ3) is 19.7. The molecule has 4 rings (SSSR count). The molecule has 0 radical (unpaired) electrons. The third-order valence-corrected chi connectivity index (χ3v) is 13.0. The van der Waals surface area contributed by atoms with E-state index in [0.29, 0.717) is 13.2 Å². The van der Waals surface area contributed by atoms with Gasteiger partial charge in [0.25, 0.3) is 0 Å². The first-order valence-corrected chi connectivity index (χ1v) is 24.9. The molecule has 0 spiro atoms. The Labute approximate surface area is 345 Å². The van der Waals surface area contributed by atoms with Crippen molar-refractivity contribution in [2.75, 3.05) is 26.4 Å². The van der Waals surface area contributed by atoms with Crippen LogP contribution in [0.1, 0.15) is 238 Å². The standard InChI is InChI=1S/C50H88O6/c1-2-43(44-35-27-19-11-3-7-15-23-31-39-52-44)48(45-36-28-20-12-4-8-16-24-32-40-53-45)49(46-37-29-21-13-5-9-17-25-33-41-54-46)50(51)56-47-38-30-22-14-6-10-18-26-34-42-55-47/h2,44-47H,3-42H2,1H3. The Morgan fingerprint density at radius 2 is 0.679 bits per heavy atom. The van der Waals surface area contributed by atoms with Gasteiger partial charge in [-0.25, -0.2) is 4.79 Å². The van der Waals surface area contributed by atoms with Gasteiger partial charge in [0.05, 0.1) is 30.5 Å². The highest BCUT2D eigenvalue weighted by Gasteiger charge is 2.36. The topological polar surface area (TPSA) is 63.2 Å². The Morgan fingerprint density at radius 3 is 1.09 bits per heavy atom. The van der Waals surface area contributed by atoms with Crippen molar-refractivity contribution in [1.82, 2.24) is 0 Å². The van der Waals surface area contributed by atoms with Crippen LogP contribution in [-0.4, -0.2) is 57.0 Å². The van der Waals surface area contributed by atoms with E-state index < -0.39 is 6.29 Å². The molecule has 0 aromatic carbocycles. The van der Waals surface area contributed by atoms with Gasteiger partial charge in [-0.05, 0) is 69.4 Å². The van der Waals surface area contributed by atoms with Gasteiger partial charge in [-0.1, -0.05) is 179 Å². The molecule has 4 unspecified atom stereocenters. The second-order valence-corrected chi connectivity index (χ2v) is 17.8. The fourth-order valence-corrected chi connectivity index (χ4v) is 9.60. The van der Waals surface area contributed by atoms with E-state index in [9.17, 15) is 0 Å². The molecule has 0 saturated carbocycles. The van der Waals surface area contributed by atoms with Gasteiger partial charge in [-0.15, -0.1) is 0 Å². The zero-order valence-electron chi connectivity index (χ0n) is 36.6. The average Bonchev–Trinajstić information content (AvgIpc) is 3.17. The van der Waals surface area contributed by atoms with Crippen LogP contribution >= 0.6 is 0 Å². The first kappa shape index (κ1) is 47.5. The van der Waals surface area contributed by atoms with Crippen LogP contribution in [0, 0.1) is 0 Å². The summed E-state index contributed by atoms with van der Waals surface area (Å²) in [5.41, 5.74) is 2.91. The fraction of sp³-hybridized carbons (Fsp3) is 0.900. The summed E-state index contributed by atoms with van der Waals surface area (Å²) < 4.78 is 34.1. The zero-order chi connectivity index (χ0) is 39.1. The summed E-state index contributed by atoms with van der Waals surface area (Å²) in [4.78, 5) is 15.4. The van der Waals surface area contributed by atoms with Crippen LogP contribution in [-0.2, 0) is 28.5 Å². The molecule has 4 fully saturated rings. The van der Waals surface area contributed by atoms with Crippen LogP contribution in [0.4, 0.5) is 0 Å². The van der Waals surface area contributed by atoms with E-state index in [1.165, 1.54) is 148 Å². The van der Waals surface area contributed by atoms with E-state index in [1.807, 2.05) is 0 Å². The molecule has 0 amide bonds. The molecule has 6 heteroatoms. The van der Waals surface area contributed by atoms with E-state index in [0.717, 1.165) is 113 Å². The van der Waals surface area contributed by atoms with E-state index in [1.54, 1.807) is 0 Å². The molecular weight excluding hydrogens is 697 g/mol. The Morgan fingerprint density at radius 1 is 0.375 bits per heavy atom. The first-order valence-electron chi connectivity index (χ1n) is 24.9. The first-order chi connectivity index (χ1) is 27.8. The van der Waals surface area contributed by atoms with Gasteiger partial charge in [-0.2, -0.15) is 0 Å². The van der Waals surface area contributed by atoms with Gasteiger partial charge in [-0.3, -0.25) is 0 Å². The molecular formula is C50H88O6. The summed E-state index contributed by atoms with van der Waals surface area (Å²) in [5, 5.41) is 0. The lowest BCUT2D eigenvalue weighted by Crippen LogP contribution is -2.35. The molecule has 324 valence electrons. The van der Waals surface area contributed by atoms with Gasteiger partial charge in [0.15, 0.2) is 0 Å².